The predicted molar refractivity (Wildman–Crippen MR) is 70.5 cm³/mol. The molecule has 1 rings (SSSR count). The fourth-order valence-electron chi connectivity index (χ4n) is 1.29. The second-order valence-corrected chi connectivity index (χ2v) is 4.62. The third kappa shape index (κ3) is 4.33. The molecule has 0 bridgehead atoms. The highest BCUT2D eigenvalue weighted by molar-refractivity contribution is 9.10. The van der Waals surface area contributed by atoms with Crippen molar-refractivity contribution in [2.45, 2.75) is 13.8 Å². The van der Waals surface area contributed by atoms with Crippen molar-refractivity contribution in [2.75, 3.05) is 18.4 Å². The Balaban J connectivity index is 2.50. The van der Waals surface area contributed by atoms with Crippen LogP contribution in [0.25, 0.3) is 0 Å². The minimum Gasteiger partial charge on any atom is -0.326 e. The SMILES string of the molecule is CCNCC(C)C(=O)Nc1cccc(Br)c1. The minimum absolute atomic E-state index is 0.0288. The van der Waals surface area contributed by atoms with Crippen molar-refractivity contribution in [2.24, 2.45) is 5.92 Å². The van der Waals surface area contributed by atoms with Gasteiger partial charge in [0.15, 0.2) is 0 Å². The molecule has 2 N–H and O–H groups in total. The molecule has 0 heterocycles. The quantitative estimate of drug-likeness (QED) is 0.873. The van der Waals surface area contributed by atoms with Gasteiger partial charge in [-0.05, 0) is 24.7 Å². The van der Waals surface area contributed by atoms with Crippen LogP contribution in [0.15, 0.2) is 28.7 Å². The van der Waals surface area contributed by atoms with E-state index in [-0.39, 0.29) is 11.8 Å². The topological polar surface area (TPSA) is 41.1 Å². The first-order valence-corrected chi connectivity index (χ1v) is 6.20. The summed E-state index contributed by atoms with van der Waals surface area (Å²) >= 11 is 3.37. The molecule has 0 aromatic heterocycles. The van der Waals surface area contributed by atoms with E-state index in [1.54, 1.807) is 0 Å². The third-order valence-electron chi connectivity index (χ3n) is 2.24. The Hall–Kier alpha value is -0.870. The Morgan fingerprint density at radius 2 is 2.25 bits per heavy atom. The van der Waals surface area contributed by atoms with Crippen molar-refractivity contribution in [1.29, 1.82) is 0 Å². The fraction of sp³-hybridized carbons (Fsp3) is 0.417. The standard InChI is InChI=1S/C12H17BrN2O/c1-3-14-8-9(2)12(16)15-11-6-4-5-10(13)7-11/h4-7,9,14H,3,8H2,1-2H3,(H,15,16). The molecule has 16 heavy (non-hydrogen) atoms. The maximum absolute atomic E-state index is 11.8. The first-order valence-electron chi connectivity index (χ1n) is 5.40. The summed E-state index contributed by atoms with van der Waals surface area (Å²) in [5.74, 6) is 0.0120. The van der Waals surface area contributed by atoms with Gasteiger partial charge in [-0.15, -0.1) is 0 Å². The summed E-state index contributed by atoms with van der Waals surface area (Å²) in [6, 6.07) is 7.59. The van der Waals surface area contributed by atoms with E-state index in [1.807, 2.05) is 38.1 Å². The molecular formula is C12H17BrN2O. The monoisotopic (exact) mass is 284 g/mol. The van der Waals surface area contributed by atoms with Crippen LogP contribution in [0.4, 0.5) is 5.69 Å². The van der Waals surface area contributed by atoms with Gasteiger partial charge in [-0.3, -0.25) is 4.79 Å². The summed E-state index contributed by atoms with van der Waals surface area (Å²) < 4.78 is 0.963. The van der Waals surface area contributed by atoms with E-state index in [9.17, 15) is 4.79 Å². The number of hydrogen-bond donors (Lipinski definition) is 2. The van der Waals surface area contributed by atoms with E-state index in [1.165, 1.54) is 0 Å². The van der Waals surface area contributed by atoms with Crippen LogP contribution in [-0.2, 0) is 4.79 Å². The number of carbonyl (C=O) groups excluding carboxylic acids is 1. The van der Waals surface area contributed by atoms with Gasteiger partial charge in [0.25, 0.3) is 0 Å². The Labute approximate surface area is 105 Å². The molecule has 1 aromatic carbocycles. The Morgan fingerprint density at radius 1 is 1.50 bits per heavy atom. The zero-order chi connectivity index (χ0) is 12.0. The van der Waals surface area contributed by atoms with Crippen molar-refractivity contribution >= 4 is 27.5 Å². The van der Waals surface area contributed by atoms with Gasteiger partial charge in [-0.2, -0.15) is 0 Å². The lowest BCUT2D eigenvalue weighted by atomic mass is 10.1. The zero-order valence-electron chi connectivity index (χ0n) is 9.59. The van der Waals surface area contributed by atoms with Crippen molar-refractivity contribution in [1.82, 2.24) is 5.32 Å². The normalized spacial score (nSPS) is 12.2. The summed E-state index contributed by atoms with van der Waals surface area (Å²) in [4.78, 5) is 11.8. The van der Waals surface area contributed by atoms with Gasteiger partial charge in [0, 0.05) is 22.6 Å². The van der Waals surface area contributed by atoms with E-state index < -0.39 is 0 Å². The third-order valence-corrected chi connectivity index (χ3v) is 2.73. The average Bonchev–Trinajstić information content (AvgIpc) is 2.25. The summed E-state index contributed by atoms with van der Waals surface area (Å²) in [5.41, 5.74) is 0.822. The summed E-state index contributed by atoms with van der Waals surface area (Å²) in [6.07, 6.45) is 0. The number of hydrogen-bond acceptors (Lipinski definition) is 2. The lowest BCUT2D eigenvalue weighted by molar-refractivity contribution is -0.119. The molecule has 1 aromatic rings. The highest BCUT2D eigenvalue weighted by Gasteiger charge is 2.11. The molecule has 0 aliphatic carbocycles. The Kier molecular flexibility index (Phi) is 5.49. The number of nitrogens with one attached hydrogen (secondary N) is 2. The molecule has 0 aliphatic rings. The van der Waals surface area contributed by atoms with Gasteiger partial charge in [-0.25, -0.2) is 0 Å². The van der Waals surface area contributed by atoms with Gasteiger partial charge in [0.1, 0.15) is 0 Å². The van der Waals surface area contributed by atoms with Gasteiger partial charge in [0.2, 0.25) is 5.91 Å². The molecule has 0 spiro atoms. The lowest BCUT2D eigenvalue weighted by Crippen LogP contribution is -2.30. The smallest absolute Gasteiger partial charge is 0.228 e. The number of halogens is 1. The van der Waals surface area contributed by atoms with Crippen LogP contribution in [0.1, 0.15) is 13.8 Å². The van der Waals surface area contributed by atoms with Crippen LogP contribution < -0.4 is 10.6 Å². The maximum atomic E-state index is 11.8. The van der Waals surface area contributed by atoms with Crippen LogP contribution in [0, 0.1) is 5.92 Å². The van der Waals surface area contributed by atoms with Crippen molar-refractivity contribution in [3.05, 3.63) is 28.7 Å². The molecule has 88 valence electrons. The molecule has 0 fully saturated rings. The first kappa shape index (κ1) is 13.2. The van der Waals surface area contributed by atoms with Crippen molar-refractivity contribution in [3.63, 3.8) is 0 Å². The van der Waals surface area contributed by atoms with Crippen molar-refractivity contribution < 1.29 is 4.79 Å². The van der Waals surface area contributed by atoms with Crippen LogP contribution in [0.3, 0.4) is 0 Å². The summed E-state index contributed by atoms with van der Waals surface area (Å²) in [6.45, 7) is 5.53. The maximum Gasteiger partial charge on any atom is 0.228 e. The molecule has 0 aliphatic heterocycles. The van der Waals surface area contributed by atoms with E-state index >= 15 is 0 Å². The molecule has 0 radical (unpaired) electrons. The largest absolute Gasteiger partial charge is 0.326 e. The molecule has 1 unspecified atom stereocenters. The second-order valence-electron chi connectivity index (χ2n) is 3.71. The predicted octanol–water partition coefficient (Wildman–Crippen LogP) is 2.63. The number of anilines is 1. The van der Waals surface area contributed by atoms with Gasteiger partial charge < -0.3 is 10.6 Å². The van der Waals surface area contributed by atoms with Gasteiger partial charge in [-0.1, -0.05) is 35.8 Å². The Morgan fingerprint density at radius 3 is 2.88 bits per heavy atom. The summed E-state index contributed by atoms with van der Waals surface area (Å²) in [7, 11) is 0. The van der Waals surface area contributed by atoms with Gasteiger partial charge >= 0.3 is 0 Å². The average molecular weight is 285 g/mol. The first-order chi connectivity index (χ1) is 7.63. The lowest BCUT2D eigenvalue weighted by Gasteiger charge is -2.12. The molecule has 4 heteroatoms. The zero-order valence-corrected chi connectivity index (χ0v) is 11.2. The van der Waals surface area contributed by atoms with Crippen LogP contribution in [0.5, 0.6) is 0 Å². The van der Waals surface area contributed by atoms with Crippen molar-refractivity contribution in [3.8, 4) is 0 Å². The van der Waals surface area contributed by atoms with E-state index in [4.69, 9.17) is 0 Å². The number of carbonyl (C=O) groups is 1. The van der Waals surface area contributed by atoms with Crippen LogP contribution >= 0.6 is 15.9 Å². The van der Waals surface area contributed by atoms with Crippen LogP contribution in [-0.4, -0.2) is 19.0 Å². The summed E-state index contributed by atoms with van der Waals surface area (Å²) in [5, 5.41) is 6.04. The molecular weight excluding hydrogens is 268 g/mol. The number of benzene rings is 1. The fourth-order valence-corrected chi connectivity index (χ4v) is 1.68. The highest BCUT2D eigenvalue weighted by atomic mass is 79.9. The molecule has 1 atom stereocenters. The van der Waals surface area contributed by atoms with Crippen LogP contribution in [0.2, 0.25) is 0 Å². The number of amides is 1. The minimum atomic E-state index is -0.0288. The molecule has 0 saturated heterocycles. The molecule has 1 amide bonds. The van der Waals surface area contributed by atoms with Gasteiger partial charge in [0.05, 0.1) is 0 Å². The van der Waals surface area contributed by atoms with E-state index in [2.05, 4.69) is 26.6 Å². The molecule has 0 saturated carbocycles. The second kappa shape index (κ2) is 6.66. The Bertz CT molecular complexity index is 355. The highest BCUT2D eigenvalue weighted by Crippen LogP contribution is 2.16. The molecule has 3 nitrogen and oxygen atoms in total. The van der Waals surface area contributed by atoms with E-state index in [0.29, 0.717) is 6.54 Å². The van der Waals surface area contributed by atoms with E-state index in [0.717, 1.165) is 16.7 Å². The number of rotatable bonds is 5.